The Morgan fingerprint density at radius 1 is 1.21 bits per heavy atom. The molecule has 0 atom stereocenters. The second-order valence-corrected chi connectivity index (χ2v) is 6.75. The van der Waals surface area contributed by atoms with Crippen LogP contribution in [0.15, 0.2) is 41.4 Å². The molecule has 0 radical (unpaired) electrons. The van der Waals surface area contributed by atoms with E-state index in [0.717, 1.165) is 24.4 Å². The van der Waals surface area contributed by atoms with Crippen LogP contribution in [0.4, 0.5) is 5.69 Å². The number of sulfonamides is 1. The minimum Gasteiger partial charge on any atom is -0.273 e. The molecule has 126 valence electrons. The van der Waals surface area contributed by atoms with Crippen LogP contribution >= 0.6 is 23.2 Å². The summed E-state index contributed by atoms with van der Waals surface area (Å²) in [5, 5.41) is 10.4. The molecule has 12 heteroatoms. The van der Waals surface area contributed by atoms with Crippen molar-refractivity contribution in [2.45, 2.75) is 4.90 Å². The summed E-state index contributed by atoms with van der Waals surface area (Å²) >= 11 is 11.3. The molecule has 0 aliphatic rings. The van der Waals surface area contributed by atoms with Crippen molar-refractivity contribution in [2.75, 3.05) is 0 Å². The Kier molecular flexibility index (Phi) is 5.34. The van der Waals surface area contributed by atoms with Crippen molar-refractivity contribution in [3.63, 3.8) is 0 Å². The van der Waals surface area contributed by atoms with Crippen LogP contribution in [0, 0.1) is 10.1 Å². The summed E-state index contributed by atoms with van der Waals surface area (Å²) in [5.74, 6) is -0.804. The van der Waals surface area contributed by atoms with Gasteiger partial charge in [-0.15, -0.1) is 4.83 Å². The molecule has 1 aromatic heterocycles. The molecule has 24 heavy (non-hydrogen) atoms. The minimum absolute atomic E-state index is 0.0237. The first-order valence-corrected chi connectivity index (χ1v) is 8.32. The predicted molar refractivity (Wildman–Crippen MR) is 85.1 cm³/mol. The molecule has 1 amide bonds. The van der Waals surface area contributed by atoms with Gasteiger partial charge in [0.1, 0.15) is 10.0 Å². The Morgan fingerprint density at radius 2 is 1.83 bits per heavy atom. The number of amides is 1. The van der Waals surface area contributed by atoms with Gasteiger partial charge in [-0.3, -0.25) is 20.3 Å². The second kappa shape index (κ2) is 7.09. The number of nitro groups is 1. The van der Waals surface area contributed by atoms with E-state index < -0.39 is 20.9 Å². The number of benzene rings is 1. The van der Waals surface area contributed by atoms with Crippen LogP contribution in [0.25, 0.3) is 0 Å². The molecule has 2 aromatic rings. The number of hydrogen-bond donors (Lipinski definition) is 2. The van der Waals surface area contributed by atoms with E-state index >= 15 is 0 Å². The zero-order valence-electron chi connectivity index (χ0n) is 11.6. The zero-order chi connectivity index (χ0) is 17.9. The van der Waals surface area contributed by atoms with Gasteiger partial charge in [0.15, 0.2) is 0 Å². The van der Waals surface area contributed by atoms with E-state index in [0.29, 0.717) is 0 Å². The van der Waals surface area contributed by atoms with Gasteiger partial charge >= 0.3 is 0 Å². The highest BCUT2D eigenvalue weighted by Gasteiger charge is 2.18. The molecule has 0 bridgehead atoms. The van der Waals surface area contributed by atoms with Crippen LogP contribution in [-0.2, 0) is 10.0 Å². The lowest BCUT2D eigenvalue weighted by Crippen LogP contribution is -2.41. The van der Waals surface area contributed by atoms with Gasteiger partial charge in [-0.2, -0.15) is 0 Å². The number of carbonyl (C=O) groups is 1. The molecule has 0 saturated heterocycles. The summed E-state index contributed by atoms with van der Waals surface area (Å²) < 4.78 is 24.0. The number of carbonyl (C=O) groups excluding carboxylic acids is 1. The van der Waals surface area contributed by atoms with Gasteiger partial charge < -0.3 is 0 Å². The average Bonchev–Trinajstić information content (AvgIpc) is 2.55. The number of pyridine rings is 1. The maximum atomic E-state index is 12.0. The molecule has 2 rings (SSSR count). The van der Waals surface area contributed by atoms with Crippen molar-refractivity contribution in [2.24, 2.45) is 0 Å². The van der Waals surface area contributed by atoms with Crippen molar-refractivity contribution < 1.29 is 18.1 Å². The van der Waals surface area contributed by atoms with Crippen molar-refractivity contribution >= 4 is 44.8 Å². The van der Waals surface area contributed by atoms with Crippen molar-refractivity contribution in [1.29, 1.82) is 0 Å². The number of nitrogens with zero attached hydrogens (tertiary/aromatic N) is 2. The number of hydrogen-bond acceptors (Lipinski definition) is 6. The molecule has 2 N–H and O–H groups in total. The number of nitro benzene ring substituents is 1. The maximum Gasteiger partial charge on any atom is 0.269 e. The summed E-state index contributed by atoms with van der Waals surface area (Å²) in [6.07, 6.45) is 0.967. The Balaban J connectivity index is 2.09. The number of aromatic nitrogens is 1. The molecule has 1 heterocycles. The standard InChI is InChI=1S/C12H8Cl2N4O5S/c13-10-5-9(6-15-11(10)14)24(22,23)17-16-12(19)7-1-3-8(4-2-7)18(20)21/h1-6,17H,(H,16,19). The van der Waals surface area contributed by atoms with Crippen LogP contribution in [-0.4, -0.2) is 24.2 Å². The van der Waals surface area contributed by atoms with Crippen LogP contribution in [0.5, 0.6) is 0 Å². The van der Waals surface area contributed by atoms with Crippen LogP contribution in [0.3, 0.4) is 0 Å². The topological polar surface area (TPSA) is 131 Å². The third-order valence-corrected chi connectivity index (χ3v) is 4.62. The number of nitrogens with one attached hydrogen (secondary N) is 2. The number of halogens is 2. The van der Waals surface area contributed by atoms with Gasteiger partial charge in [-0.1, -0.05) is 23.2 Å². The molecule has 0 unspecified atom stereocenters. The number of non-ortho nitro benzene ring substituents is 1. The highest BCUT2D eigenvalue weighted by Crippen LogP contribution is 2.21. The van der Waals surface area contributed by atoms with Gasteiger partial charge in [0.25, 0.3) is 21.6 Å². The number of rotatable bonds is 5. The lowest BCUT2D eigenvalue weighted by atomic mass is 10.2. The Bertz CT molecular complexity index is 902. The van der Waals surface area contributed by atoms with Gasteiger partial charge in [-0.25, -0.2) is 13.4 Å². The van der Waals surface area contributed by atoms with E-state index in [1.165, 1.54) is 12.1 Å². The van der Waals surface area contributed by atoms with Gasteiger partial charge in [0.2, 0.25) is 0 Å². The molecule has 0 spiro atoms. The molecule has 0 aliphatic heterocycles. The summed E-state index contributed by atoms with van der Waals surface area (Å²) in [7, 11) is -4.12. The monoisotopic (exact) mass is 390 g/mol. The van der Waals surface area contributed by atoms with E-state index in [2.05, 4.69) is 4.98 Å². The van der Waals surface area contributed by atoms with Crippen molar-refractivity contribution in [3.05, 3.63) is 62.4 Å². The Morgan fingerprint density at radius 3 is 2.38 bits per heavy atom. The van der Waals surface area contributed by atoms with E-state index in [9.17, 15) is 23.3 Å². The fourth-order valence-corrected chi connectivity index (χ4v) is 2.67. The van der Waals surface area contributed by atoms with E-state index in [1.54, 1.807) is 0 Å². The molecule has 1 aromatic carbocycles. The third kappa shape index (κ3) is 4.17. The second-order valence-electron chi connectivity index (χ2n) is 4.31. The average molecular weight is 391 g/mol. The van der Waals surface area contributed by atoms with E-state index in [-0.39, 0.29) is 26.3 Å². The summed E-state index contributed by atoms with van der Waals surface area (Å²) in [4.78, 5) is 26.9. The van der Waals surface area contributed by atoms with Gasteiger partial charge in [0, 0.05) is 23.9 Å². The summed E-state index contributed by atoms with van der Waals surface area (Å²) in [6.45, 7) is 0. The normalized spacial score (nSPS) is 11.1. The number of hydrazine groups is 1. The first kappa shape index (κ1) is 18.1. The molecular formula is C12H8Cl2N4O5S. The molecule has 0 fully saturated rings. The smallest absolute Gasteiger partial charge is 0.269 e. The molecule has 0 saturated carbocycles. The van der Waals surface area contributed by atoms with Crippen molar-refractivity contribution in [1.82, 2.24) is 15.2 Å². The first-order chi connectivity index (χ1) is 11.2. The SMILES string of the molecule is O=C(NNS(=O)(=O)c1cnc(Cl)c(Cl)c1)c1ccc([N+](=O)[O-])cc1. The highest BCUT2D eigenvalue weighted by atomic mass is 35.5. The quantitative estimate of drug-likeness (QED) is 0.455. The largest absolute Gasteiger partial charge is 0.273 e. The maximum absolute atomic E-state index is 12.0. The summed E-state index contributed by atoms with van der Waals surface area (Å²) in [5.41, 5.74) is 1.79. The van der Waals surface area contributed by atoms with Crippen LogP contribution in [0.1, 0.15) is 10.4 Å². The van der Waals surface area contributed by atoms with Crippen molar-refractivity contribution in [3.8, 4) is 0 Å². The Hall–Kier alpha value is -2.27. The fourth-order valence-electron chi connectivity index (χ4n) is 1.53. The van der Waals surface area contributed by atoms with Gasteiger partial charge in [-0.05, 0) is 18.2 Å². The highest BCUT2D eigenvalue weighted by molar-refractivity contribution is 7.89. The molecule has 9 nitrogen and oxygen atoms in total. The van der Waals surface area contributed by atoms with E-state index in [1.807, 2.05) is 10.3 Å². The summed E-state index contributed by atoms with van der Waals surface area (Å²) in [6, 6.07) is 5.67. The van der Waals surface area contributed by atoms with Crippen LogP contribution < -0.4 is 10.3 Å². The third-order valence-electron chi connectivity index (χ3n) is 2.72. The lowest BCUT2D eigenvalue weighted by molar-refractivity contribution is -0.384. The fraction of sp³-hybridized carbons (Fsp3) is 0. The molecule has 0 aliphatic carbocycles. The van der Waals surface area contributed by atoms with Crippen LogP contribution in [0.2, 0.25) is 10.2 Å². The predicted octanol–water partition coefficient (Wildman–Crippen LogP) is 1.92. The first-order valence-electron chi connectivity index (χ1n) is 6.08. The van der Waals surface area contributed by atoms with Gasteiger partial charge in [0.05, 0.1) is 9.95 Å². The Labute approximate surface area is 145 Å². The lowest BCUT2D eigenvalue weighted by Gasteiger charge is -2.08. The molecular weight excluding hydrogens is 383 g/mol. The van der Waals surface area contributed by atoms with E-state index in [4.69, 9.17) is 23.2 Å². The zero-order valence-corrected chi connectivity index (χ0v) is 13.9. The minimum atomic E-state index is -4.12.